The Morgan fingerprint density at radius 3 is 2.24 bits per heavy atom. The molecule has 41 heavy (non-hydrogen) atoms. The van der Waals surface area contributed by atoms with Gasteiger partial charge < -0.3 is 82.8 Å². The number of nitrogens with one attached hydrogen (secondary N) is 2. The highest BCUT2D eigenvalue weighted by Gasteiger charge is 2.54. The molecule has 1 aliphatic carbocycles. The molecule has 17 nitrogen and oxygen atoms in total. The van der Waals surface area contributed by atoms with Crippen LogP contribution in [0.5, 0.6) is 0 Å². The molecule has 0 spiro atoms. The van der Waals surface area contributed by atoms with Crippen molar-refractivity contribution >= 4 is 5.91 Å². The van der Waals surface area contributed by atoms with Crippen LogP contribution in [0.1, 0.15) is 25.7 Å². The number of carbonyl (C=O) groups is 1. The maximum atomic E-state index is 12.0. The van der Waals surface area contributed by atoms with Crippen molar-refractivity contribution in [2.45, 2.75) is 124 Å². The van der Waals surface area contributed by atoms with Gasteiger partial charge in [0.1, 0.15) is 36.6 Å². The van der Waals surface area contributed by atoms with E-state index in [1.54, 1.807) is 7.05 Å². The van der Waals surface area contributed by atoms with Gasteiger partial charge in [-0.2, -0.15) is 0 Å². The van der Waals surface area contributed by atoms with Gasteiger partial charge in [-0.3, -0.25) is 4.79 Å². The zero-order valence-electron chi connectivity index (χ0n) is 23.0. The van der Waals surface area contributed by atoms with Gasteiger partial charge in [-0.1, -0.05) is 0 Å². The lowest BCUT2D eigenvalue weighted by molar-refractivity contribution is -0.373. The number of carbonyl (C=O) groups excluding carboxylic acids is 1. The van der Waals surface area contributed by atoms with Crippen LogP contribution < -0.4 is 33.6 Å². The van der Waals surface area contributed by atoms with Crippen LogP contribution in [0.3, 0.4) is 0 Å². The summed E-state index contributed by atoms with van der Waals surface area (Å²) in [4.78, 5) is 12.0. The number of rotatable bonds is 9. The van der Waals surface area contributed by atoms with Crippen LogP contribution in [0.2, 0.25) is 0 Å². The Bertz CT molecular complexity index is 849. The second-order valence-corrected chi connectivity index (χ2v) is 11.3. The summed E-state index contributed by atoms with van der Waals surface area (Å²) in [5, 5.41) is 58.4. The van der Waals surface area contributed by atoms with Gasteiger partial charge in [-0.25, -0.2) is 0 Å². The third-order valence-electron chi connectivity index (χ3n) is 8.22. The number of fused-ring (bicyclic) bond motifs is 1. The summed E-state index contributed by atoms with van der Waals surface area (Å²) in [6.45, 7) is -0.519. The average Bonchev–Trinajstić information content (AvgIpc) is 2.91. The molecule has 4 rings (SSSR count). The fourth-order valence-electron chi connectivity index (χ4n) is 6.02. The molecular weight excluding hydrogens is 548 g/mol. The molecule has 3 heterocycles. The van der Waals surface area contributed by atoms with E-state index in [0.717, 1.165) is 0 Å². The lowest BCUT2D eigenvalue weighted by Gasteiger charge is -2.51. The third-order valence-corrected chi connectivity index (χ3v) is 8.22. The highest BCUT2D eigenvalue weighted by Crippen LogP contribution is 2.35. The molecule has 4 fully saturated rings. The minimum atomic E-state index is -1.64. The summed E-state index contributed by atoms with van der Waals surface area (Å²) in [6.07, 6.45) is -11.5. The van der Waals surface area contributed by atoms with E-state index in [9.17, 15) is 30.3 Å². The molecule has 15 N–H and O–H groups in total. The molecule has 4 aliphatic rings. The molecular formula is C24H46N6O11. The SMILES string of the molecule is CNC1C(O[C@H]2OC(CO)[C@@H](NC(=O)CCN)[C@H](O)C2O)O[C@H]2CC(N)[C@@H](O[C@@H]3C(N)C[C@@H](N)C[C@H]3O)OC2C1O. The van der Waals surface area contributed by atoms with E-state index in [1.165, 1.54) is 0 Å². The molecule has 0 bridgehead atoms. The first-order chi connectivity index (χ1) is 19.5. The Hall–Kier alpha value is -1.13. The summed E-state index contributed by atoms with van der Waals surface area (Å²) in [7, 11) is 1.56. The van der Waals surface area contributed by atoms with Crippen LogP contribution in [-0.4, -0.2) is 150 Å². The van der Waals surface area contributed by atoms with Gasteiger partial charge in [0.25, 0.3) is 0 Å². The van der Waals surface area contributed by atoms with Crippen molar-refractivity contribution in [2.24, 2.45) is 22.9 Å². The van der Waals surface area contributed by atoms with E-state index in [1.807, 2.05) is 0 Å². The van der Waals surface area contributed by atoms with Gasteiger partial charge >= 0.3 is 0 Å². The predicted octanol–water partition coefficient (Wildman–Crippen LogP) is -6.41. The number of amides is 1. The van der Waals surface area contributed by atoms with Crippen LogP contribution >= 0.6 is 0 Å². The Kier molecular flexibility index (Phi) is 11.3. The molecule has 0 aromatic heterocycles. The molecule has 1 saturated carbocycles. The molecule has 0 aromatic carbocycles. The zero-order valence-corrected chi connectivity index (χ0v) is 23.0. The van der Waals surface area contributed by atoms with Gasteiger partial charge in [-0.15, -0.1) is 0 Å². The Labute approximate surface area is 237 Å². The first-order valence-electron chi connectivity index (χ1n) is 14.0. The normalized spacial score (nSPS) is 48.8. The van der Waals surface area contributed by atoms with Gasteiger partial charge in [0.05, 0.1) is 36.9 Å². The molecule has 3 aliphatic heterocycles. The second kappa shape index (κ2) is 14.1. The predicted molar refractivity (Wildman–Crippen MR) is 139 cm³/mol. The number of hydrogen-bond donors (Lipinski definition) is 11. The van der Waals surface area contributed by atoms with Crippen molar-refractivity contribution in [3.05, 3.63) is 0 Å². The van der Waals surface area contributed by atoms with E-state index in [4.69, 9.17) is 46.6 Å². The topological polar surface area (TPSA) is 293 Å². The largest absolute Gasteiger partial charge is 0.394 e. The van der Waals surface area contributed by atoms with E-state index in [0.29, 0.717) is 12.8 Å². The second-order valence-electron chi connectivity index (χ2n) is 11.3. The molecule has 16 atom stereocenters. The lowest BCUT2D eigenvalue weighted by atomic mass is 9.86. The number of hydrogen-bond acceptors (Lipinski definition) is 16. The van der Waals surface area contributed by atoms with E-state index in [2.05, 4.69) is 10.6 Å². The number of aliphatic hydroxyl groups excluding tert-OH is 5. The van der Waals surface area contributed by atoms with Crippen molar-refractivity contribution in [3.63, 3.8) is 0 Å². The number of aliphatic hydroxyl groups is 5. The summed E-state index contributed by atoms with van der Waals surface area (Å²) < 4.78 is 29.7. The standard InChI is InChI=1S/C24H46N6O11/c1-29-16-18(35)21-12(6-10(28)22(40-21)39-20-9(27)4-8(26)5-11(20)32)37-23(16)41-24-19(36)17(34)15(13(7-31)38-24)30-14(33)2-3-25/h8-13,15-24,29,31-32,34-36H,2-7,25-28H2,1H3,(H,30,33)/t8-,9?,10?,11-,12+,13?,15-,16?,17+,18?,19?,20-,21?,22+,23?,24-/m1/s1. The average molecular weight is 595 g/mol. The number of ether oxygens (including phenoxy) is 5. The number of nitrogens with two attached hydrogens (primary N) is 4. The van der Waals surface area contributed by atoms with Crippen LogP contribution in [-0.2, 0) is 28.5 Å². The fraction of sp³-hybridized carbons (Fsp3) is 0.958. The Morgan fingerprint density at radius 1 is 0.878 bits per heavy atom. The van der Waals surface area contributed by atoms with Gasteiger partial charge in [-0.05, 0) is 26.3 Å². The molecule has 1 amide bonds. The van der Waals surface area contributed by atoms with Crippen molar-refractivity contribution in [3.8, 4) is 0 Å². The van der Waals surface area contributed by atoms with Gasteiger partial charge in [0.15, 0.2) is 18.9 Å². The molecule has 0 aromatic rings. The maximum absolute atomic E-state index is 12.0. The zero-order chi connectivity index (χ0) is 30.0. The quantitative estimate of drug-likeness (QED) is 0.118. The minimum Gasteiger partial charge on any atom is -0.394 e. The summed E-state index contributed by atoms with van der Waals surface area (Å²) in [5.74, 6) is -0.482. The smallest absolute Gasteiger partial charge is 0.221 e. The fourth-order valence-corrected chi connectivity index (χ4v) is 6.02. The van der Waals surface area contributed by atoms with Crippen LogP contribution in [0.25, 0.3) is 0 Å². The van der Waals surface area contributed by atoms with Crippen molar-refractivity contribution in [2.75, 3.05) is 20.2 Å². The first-order valence-corrected chi connectivity index (χ1v) is 14.0. The molecule has 0 radical (unpaired) electrons. The Balaban J connectivity index is 1.41. The van der Waals surface area contributed by atoms with Crippen molar-refractivity contribution < 1.29 is 54.0 Å². The van der Waals surface area contributed by atoms with E-state index in [-0.39, 0.29) is 25.4 Å². The maximum Gasteiger partial charge on any atom is 0.221 e. The lowest BCUT2D eigenvalue weighted by Crippen LogP contribution is -2.70. The van der Waals surface area contributed by atoms with Crippen LogP contribution in [0, 0.1) is 0 Å². The summed E-state index contributed by atoms with van der Waals surface area (Å²) in [6, 6.07) is -3.49. The van der Waals surface area contributed by atoms with Gasteiger partial charge in [0.2, 0.25) is 5.91 Å². The van der Waals surface area contributed by atoms with Crippen molar-refractivity contribution in [1.29, 1.82) is 0 Å². The highest BCUT2D eigenvalue weighted by molar-refractivity contribution is 5.76. The highest BCUT2D eigenvalue weighted by atomic mass is 16.8. The molecule has 17 heteroatoms. The van der Waals surface area contributed by atoms with Crippen LogP contribution in [0.4, 0.5) is 0 Å². The van der Waals surface area contributed by atoms with Crippen molar-refractivity contribution in [1.82, 2.24) is 10.6 Å². The first kappa shape index (κ1) is 32.8. The van der Waals surface area contributed by atoms with E-state index >= 15 is 0 Å². The molecule has 238 valence electrons. The molecule has 3 saturated heterocycles. The van der Waals surface area contributed by atoms with Gasteiger partial charge in [0, 0.05) is 25.0 Å². The summed E-state index contributed by atoms with van der Waals surface area (Å²) in [5.41, 5.74) is 23.8. The number of likely N-dealkylation sites (N-methyl/N-ethyl adjacent to an activating group) is 1. The minimum absolute atomic E-state index is 0.0179. The van der Waals surface area contributed by atoms with Crippen LogP contribution in [0.15, 0.2) is 0 Å². The van der Waals surface area contributed by atoms with E-state index < -0.39 is 104 Å². The molecule has 8 unspecified atom stereocenters. The monoisotopic (exact) mass is 594 g/mol. The summed E-state index contributed by atoms with van der Waals surface area (Å²) >= 11 is 0. The third kappa shape index (κ3) is 7.17. The Morgan fingerprint density at radius 2 is 1.61 bits per heavy atom.